The highest BCUT2D eigenvalue weighted by atomic mass is 32.2. The van der Waals surface area contributed by atoms with E-state index in [0.29, 0.717) is 11.4 Å². The van der Waals surface area contributed by atoms with E-state index >= 15 is 0 Å². The van der Waals surface area contributed by atoms with Gasteiger partial charge in [-0.3, -0.25) is 4.68 Å². The summed E-state index contributed by atoms with van der Waals surface area (Å²) in [6.45, 7) is 3.28. The summed E-state index contributed by atoms with van der Waals surface area (Å²) in [6.07, 6.45) is -0.909. The van der Waals surface area contributed by atoms with Crippen molar-refractivity contribution in [3.05, 3.63) is 46.6 Å². The Morgan fingerprint density at radius 3 is 2.71 bits per heavy atom. The summed E-state index contributed by atoms with van der Waals surface area (Å²) < 4.78 is 30.2. The quantitative estimate of drug-likeness (QED) is 0.726. The van der Waals surface area contributed by atoms with E-state index < -0.39 is 16.1 Å². The summed E-state index contributed by atoms with van der Waals surface area (Å²) in [7, 11) is -2.03. The Balaban J connectivity index is 1.82. The molecule has 0 saturated heterocycles. The van der Waals surface area contributed by atoms with E-state index in [0.717, 1.165) is 15.6 Å². The first kappa shape index (κ1) is 17.1. The van der Waals surface area contributed by atoms with E-state index in [1.807, 2.05) is 29.6 Å². The molecule has 24 heavy (non-hydrogen) atoms. The number of aliphatic hydroxyl groups is 1. The number of aliphatic hydroxyl groups excluding tert-OH is 1. The van der Waals surface area contributed by atoms with Crippen molar-refractivity contribution in [1.29, 1.82) is 0 Å². The van der Waals surface area contributed by atoms with Crippen LogP contribution in [-0.4, -0.2) is 29.8 Å². The van der Waals surface area contributed by atoms with Crippen molar-refractivity contribution in [2.24, 2.45) is 7.05 Å². The molecule has 0 amide bonds. The van der Waals surface area contributed by atoms with Crippen molar-refractivity contribution in [1.82, 2.24) is 14.5 Å². The maximum absolute atomic E-state index is 12.6. The number of aromatic nitrogens is 2. The summed E-state index contributed by atoms with van der Waals surface area (Å²) in [5, 5.41) is 17.4. The van der Waals surface area contributed by atoms with Gasteiger partial charge >= 0.3 is 0 Å². The largest absolute Gasteiger partial charge is 0.387 e. The third-order valence-electron chi connectivity index (χ3n) is 4.05. The van der Waals surface area contributed by atoms with Crippen LogP contribution in [-0.2, 0) is 17.1 Å². The molecule has 2 N–H and O–H groups in total. The second kappa shape index (κ2) is 6.29. The first-order valence-corrected chi connectivity index (χ1v) is 9.81. The van der Waals surface area contributed by atoms with Gasteiger partial charge in [0.05, 0.1) is 17.5 Å². The van der Waals surface area contributed by atoms with E-state index in [9.17, 15) is 13.5 Å². The number of thiophene rings is 1. The second-order valence-electron chi connectivity index (χ2n) is 5.68. The number of fused-ring (bicyclic) bond motifs is 1. The minimum atomic E-state index is -3.73. The molecule has 2 aromatic heterocycles. The van der Waals surface area contributed by atoms with Gasteiger partial charge in [0.15, 0.2) is 0 Å². The molecule has 3 aromatic rings. The van der Waals surface area contributed by atoms with Crippen LogP contribution in [0.15, 0.2) is 34.5 Å². The van der Waals surface area contributed by atoms with Gasteiger partial charge in [-0.2, -0.15) is 5.10 Å². The molecule has 3 rings (SSSR count). The average molecular weight is 365 g/mol. The molecule has 6 nitrogen and oxygen atoms in total. The van der Waals surface area contributed by atoms with Crippen molar-refractivity contribution in [2.75, 3.05) is 6.54 Å². The number of aryl methyl sites for hydroxylation is 2. The van der Waals surface area contributed by atoms with Gasteiger partial charge in [-0.05, 0) is 30.7 Å². The molecule has 0 aliphatic heterocycles. The number of nitrogens with one attached hydrogen (secondary N) is 1. The van der Waals surface area contributed by atoms with E-state index in [4.69, 9.17) is 0 Å². The zero-order valence-electron chi connectivity index (χ0n) is 13.6. The van der Waals surface area contributed by atoms with Crippen molar-refractivity contribution in [2.45, 2.75) is 24.8 Å². The van der Waals surface area contributed by atoms with Crippen LogP contribution in [0, 0.1) is 13.8 Å². The predicted octanol–water partition coefficient (Wildman–Crippen LogP) is 2.26. The Labute approximate surface area is 144 Å². The molecular weight excluding hydrogens is 346 g/mol. The molecule has 1 aromatic carbocycles. The molecule has 0 aliphatic rings. The number of rotatable bonds is 5. The minimum Gasteiger partial charge on any atom is -0.387 e. The summed E-state index contributed by atoms with van der Waals surface area (Å²) in [4.78, 5) is 0.173. The van der Waals surface area contributed by atoms with Crippen molar-refractivity contribution in [3.63, 3.8) is 0 Å². The highest BCUT2D eigenvalue weighted by molar-refractivity contribution is 7.89. The molecule has 128 valence electrons. The lowest BCUT2D eigenvalue weighted by atomic mass is 10.1. The van der Waals surface area contributed by atoms with Crippen molar-refractivity contribution in [3.8, 4) is 0 Å². The van der Waals surface area contributed by atoms with Gasteiger partial charge in [-0.15, -0.1) is 11.3 Å². The zero-order valence-corrected chi connectivity index (χ0v) is 15.3. The van der Waals surface area contributed by atoms with Gasteiger partial charge < -0.3 is 5.11 Å². The lowest BCUT2D eigenvalue weighted by molar-refractivity contribution is 0.184. The standard InChI is InChI=1S/C16H19N3O3S2/c1-10-16(11(2)19(3)18-10)24(21,22)17-8-14(20)13-9-23-15-7-5-4-6-12(13)15/h4-7,9,14,17,20H,8H2,1-3H3. The van der Waals surface area contributed by atoms with Crippen molar-refractivity contribution < 1.29 is 13.5 Å². The Kier molecular flexibility index (Phi) is 4.48. The molecule has 0 fully saturated rings. The number of benzene rings is 1. The molecule has 0 spiro atoms. The summed E-state index contributed by atoms with van der Waals surface area (Å²) >= 11 is 1.53. The van der Waals surface area contributed by atoms with Crippen LogP contribution in [0.2, 0.25) is 0 Å². The van der Waals surface area contributed by atoms with Gasteiger partial charge in [0.2, 0.25) is 10.0 Å². The first-order chi connectivity index (χ1) is 11.3. The Bertz CT molecular complexity index is 989. The first-order valence-electron chi connectivity index (χ1n) is 7.45. The second-order valence-corrected chi connectivity index (χ2v) is 8.29. The third kappa shape index (κ3) is 2.98. The Morgan fingerprint density at radius 1 is 1.33 bits per heavy atom. The smallest absolute Gasteiger partial charge is 0.244 e. The van der Waals surface area contributed by atoms with Gasteiger partial charge in [0.1, 0.15) is 4.90 Å². The molecule has 0 radical (unpaired) electrons. The predicted molar refractivity (Wildman–Crippen MR) is 94.7 cm³/mol. The van der Waals surface area contributed by atoms with Gasteiger partial charge in [0, 0.05) is 23.9 Å². The molecule has 0 bridgehead atoms. The normalized spacial score (nSPS) is 13.5. The van der Waals surface area contributed by atoms with Crippen LogP contribution in [0.1, 0.15) is 23.1 Å². The monoisotopic (exact) mass is 365 g/mol. The van der Waals surface area contributed by atoms with E-state index in [1.165, 1.54) is 16.0 Å². The Morgan fingerprint density at radius 2 is 2.04 bits per heavy atom. The summed E-state index contributed by atoms with van der Waals surface area (Å²) in [5.74, 6) is 0. The molecule has 0 saturated carbocycles. The van der Waals surface area contributed by atoms with E-state index in [1.54, 1.807) is 20.9 Å². The van der Waals surface area contributed by atoms with Crippen LogP contribution in [0.3, 0.4) is 0 Å². The van der Waals surface area contributed by atoms with E-state index in [-0.39, 0.29) is 11.4 Å². The van der Waals surface area contributed by atoms with Gasteiger partial charge in [0.25, 0.3) is 0 Å². The fraction of sp³-hybridized carbons (Fsp3) is 0.312. The number of nitrogens with zero attached hydrogens (tertiary/aromatic N) is 2. The summed E-state index contributed by atoms with van der Waals surface area (Å²) in [5.41, 5.74) is 1.74. The van der Waals surface area contributed by atoms with Gasteiger partial charge in [-0.25, -0.2) is 13.1 Å². The fourth-order valence-electron chi connectivity index (χ4n) is 2.77. The average Bonchev–Trinajstić information content (AvgIpc) is 3.06. The highest BCUT2D eigenvalue weighted by Crippen LogP contribution is 2.30. The fourth-order valence-corrected chi connectivity index (χ4v) is 5.25. The summed E-state index contributed by atoms with van der Waals surface area (Å²) in [6, 6.07) is 7.74. The van der Waals surface area contributed by atoms with Crippen LogP contribution in [0.25, 0.3) is 10.1 Å². The maximum Gasteiger partial charge on any atom is 0.244 e. The third-order valence-corrected chi connectivity index (χ3v) is 6.70. The number of hydrogen-bond acceptors (Lipinski definition) is 5. The highest BCUT2D eigenvalue weighted by Gasteiger charge is 2.25. The topological polar surface area (TPSA) is 84.2 Å². The van der Waals surface area contributed by atoms with Gasteiger partial charge in [-0.1, -0.05) is 18.2 Å². The van der Waals surface area contributed by atoms with Crippen LogP contribution >= 0.6 is 11.3 Å². The minimum absolute atomic E-state index is 0.0865. The Hall–Kier alpha value is -1.74. The van der Waals surface area contributed by atoms with Crippen molar-refractivity contribution >= 4 is 31.4 Å². The van der Waals surface area contributed by atoms with Crippen LogP contribution in [0.5, 0.6) is 0 Å². The maximum atomic E-state index is 12.6. The molecule has 8 heteroatoms. The zero-order chi connectivity index (χ0) is 17.5. The SMILES string of the molecule is Cc1nn(C)c(C)c1S(=O)(=O)NCC(O)c1csc2ccccc12. The van der Waals surface area contributed by atoms with Crippen LogP contribution < -0.4 is 4.72 Å². The molecule has 1 unspecified atom stereocenters. The number of hydrogen-bond donors (Lipinski definition) is 2. The molecular formula is C16H19N3O3S2. The molecule has 2 heterocycles. The molecule has 1 atom stereocenters. The molecule has 0 aliphatic carbocycles. The van der Waals surface area contributed by atoms with Crippen LogP contribution in [0.4, 0.5) is 0 Å². The lowest BCUT2D eigenvalue weighted by Gasteiger charge is -2.12. The van der Waals surface area contributed by atoms with E-state index in [2.05, 4.69) is 9.82 Å². The number of sulfonamides is 1. The lowest BCUT2D eigenvalue weighted by Crippen LogP contribution is -2.29.